The van der Waals surface area contributed by atoms with Crippen molar-refractivity contribution in [2.75, 3.05) is 26.3 Å². The highest BCUT2D eigenvalue weighted by atomic mass is 32.1. The van der Waals surface area contributed by atoms with E-state index in [9.17, 15) is 9.59 Å². The number of nitrogens with zero attached hydrogens (tertiary/aromatic N) is 2. The fourth-order valence-electron chi connectivity index (χ4n) is 2.89. The van der Waals surface area contributed by atoms with Crippen LogP contribution in [0.5, 0.6) is 0 Å². The van der Waals surface area contributed by atoms with Gasteiger partial charge in [-0.2, -0.15) is 0 Å². The number of hydrogen-bond acceptors (Lipinski definition) is 7. The van der Waals surface area contributed by atoms with Gasteiger partial charge in [-0.05, 0) is 11.4 Å². The smallest absolute Gasteiger partial charge is 0.358 e. The third-order valence-electron chi connectivity index (χ3n) is 4.32. The number of benzene rings is 1. The summed E-state index contributed by atoms with van der Waals surface area (Å²) in [4.78, 5) is 32.8. The lowest BCUT2D eigenvalue weighted by atomic mass is 10.1. The molecule has 0 aliphatic carbocycles. The van der Waals surface area contributed by atoms with E-state index in [1.807, 2.05) is 35.7 Å². The summed E-state index contributed by atoms with van der Waals surface area (Å²) in [5.74, 6) is -0.842. The van der Waals surface area contributed by atoms with Crippen LogP contribution in [0.1, 0.15) is 22.2 Å². The van der Waals surface area contributed by atoms with E-state index in [1.165, 1.54) is 11.3 Å². The normalized spacial score (nSPS) is 15.2. The summed E-state index contributed by atoms with van der Waals surface area (Å²) in [5, 5.41) is 4.39. The maximum Gasteiger partial charge on any atom is 0.358 e. The number of aromatic nitrogens is 1. The summed E-state index contributed by atoms with van der Waals surface area (Å²) < 4.78 is 11.0. The molecule has 1 amide bonds. The van der Waals surface area contributed by atoms with E-state index >= 15 is 0 Å². The SMILES string of the molecule is O=C(O[C@H](C(=O)N1CCOCC1)c1ccccc1)c1csc(-c2cccs2)n1. The first-order valence-corrected chi connectivity index (χ1v) is 10.6. The second-order valence-corrected chi connectivity index (χ2v) is 7.95. The molecule has 1 saturated heterocycles. The van der Waals surface area contributed by atoms with Crippen LogP contribution >= 0.6 is 22.7 Å². The van der Waals surface area contributed by atoms with Gasteiger partial charge in [0.15, 0.2) is 5.69 Å². The van der Waals surface area contributed by atoms with Crippen molar-refractivity contribution in [2.24, 2.45) is 0 Å². The number of thiophene rings is 1. The van der Waals surface area contributed by atoms with Gasteiger partial charge < -0.3 is 14.4 Å². The molecule has 144 valence electrons. The van der Waals surface area contributed by atoms with Crippen LogP contribution in [0.3, 0.4) is 0 Å². The summed E-state index contributed by atoms with van der Waals surface area (Å²) in [7, 11) is 0. The van der Waals surface area contributed by atoms with Gasteiger partial charge in [-0.25, -0.2) is 9.78 Å². The average molecular weight is 415 g/mol. The second-order valence-electron chi connectivity index (χ2n) is 6.15. The highest BCUT2D eigenvalue weighted by Gasteiger charge is 2.31. The third kappa shape index (κ3) is 4.14. The van der Waals surface area contributed by atoms with Crippen molar-refractivity contribution in [3.8, 4) is 9.88 Å². The van der Waals surface area contributed by atoms with Gasteiger partial charge in [-0.15, -0.1) is 22.7 Å². The van der Waals surface area contributed by atoms with Crippen molar-refractivity contribution in [3.63, 3.8) is 0 Å². The van der Waals surface area contributed by atoms with Crippen LogP contribution in [-0.2, 0) is 14.3 Å². The standard InChI is InChI=1S/C20H18N2O4S2/c23-19(22-8-10-25-11-9-22)17(14-5-2-1-3-6-14)26-20(24)15-13-28-18(21-15)16-7-4-12-27-16/h1-7,12-13,17H,8-11H2/t17-/m0/s1. The minimum atomic E-state index is -1.00. The molecule has 0 N–H and O–H groups in total. The zero-order valence-electron chi connectivity index (χ0n) is 14.9. The van der Waals surface area contributed by atoms with Gasteiger partial charge in [0.2, 0.25) is 6.10 Å². The van der Waals surface area contributed by atoms with E-state index < -0.39 is 12.1 Å². The third-order valence-corrected chi connectivity index (χ3v) is 6.20. The molecular weight excluding hydrogens is 396 g/mol. The van der Waals surface area contributed by atoms with Crippen LogP contribution in [0.2, 0.25) is 0 Å². The van der Waals surface area contributed by atoms with E-state index in [0.29, 0.717) is 31.9 Å². The molecule has 3 aromatic rings. The number of esters is 1. The summed E-state index contributed by atoms with van der Waals surface area (Å²) in [6, 6.07) is 13.0. The number of hydrogen-bond donors (Lipinski definition) is 0. The fourth-order valence-corrected chi connectivity index (χ4v) is 4.49. The Labute approximate surface area is 170 Å². The molecule has 1 fully saturated rings. The molecule has 1 aliphatic rings. The molecule has 28 heavy (non-hydrogen) atoms. The van der Waals surface area contributed by atoms with Crippen molar-refractivity contribution in [3.05, 3.63) is 64.5 Å². The summed E-state index contributed by atoms with van der Waals surface area (Å²) in [6.07, 6.45) is -1.00. The molecule has 0 saturated carbocycles. The largest absolute Gasteiger partial charge is 0.443 e. The van der Waals surface area contributed by atoms with Crippen molar-refractivity contribution in [1.82, 2.24) is 9.88 Å². The second kappa shape index (κ2) is 8.64. The first-order valence-electron chi connectivity index (χ1n) is 8.84. The Morgan fingerprint density at radius 2 is 1.86 bits per heavy atom. The molecule has 6 nitrogen and oxygen atoms in total. The molecule has 4 rings (SSSR count). The lowest BCUT2D eigenvalue weighted by Gasteiger charge is -2.30. The molecule has 0 spiro atoms. The zero-order valence-corrected chi connectivity index (χ0v) is 16.6. The Bertz CT molecular complexity index is 934. The quantitative estimate of drug-likeness (QED) is 0.597. The van der Waals surface area contributed by atoms with Gasteiger partial charge in [0.05, 0.1) is 18.1 Å². The average Bonchev–Trinajstić information content (AvgIpc) is 3.44. The zero-order chi connectivity index (χ0) is 19.3. The van der Waals surface area contributed by atoms with E-state index in [1.54, 1.807) is 33.7 Å². The monoisotopic (exact) mass is 414 g/mol. The first kappa shape index (κ1) is 18.8. The van der Waals surface area contributed by atoms with Gasteiger partial charge in [0.1, 0.15) is 5.01 Å². The minimum absolute atomic E-state index is 0.212. The minimum Gasteiger partial charge on any atom is -0.443 e. The highest BCUT2D eigenvalue weighted by molar-refractivity contribution is 7.20. The number of carbonyl (C=O) groups is 2. The van der Waals surface area contributed by atoms with Gasteiger partial charge >= 0.3 is 5.97 Å². The summed E-state index contributed by atoms with van der Waals surface area (Å²) >= 11 is 2.94. The molecule has 2 aromatic heterocycles. The van der Waals surface area contributed by atoms with Crippen LogP contribution in [-0.4, -0.2) is 48.1 Å². The Morgan fingerprint density at radius 3 is 2.57 bits per heavy atom. The highest BCUT2D eigenvalue weighted by Crippen LogP contribution is 2.29. The van der Waals surface area contributed by atoms with Crippen LogP contribution in [0.4, 0.5) is 0 Å². The van der Waals surface area contributed by atoms with Crippen LogP contribution < -0.4 is 0 Å². The Morgan fingerprint density at radius 1 is 1.07 bits per heavy atom. The van der Waals surface area contributed by atoms with E-state index in [0.717, 1.165) is 9.88 Å². The maximum atomic E-state index is 13.0. The molecule has 1 aliphatic heterocycles. The molecule has 1 aromatic carbocycles. The van der Waals surface area contributed by atoms with E-state index in [4.69, 9.17) is 9.47 Å². The lowest BCUT2D eigenvalue weighted by molar-refractivity contribution is -0.145. The van der Waals surface area contributed by atoms with Crippen LogP contribution in [0.25, 0.3) is 9.88 Å². The fraction of sp³-hybridized carbons (Fsp3) is 0.250. The van der Waals surface area contributed by atoms with Crippen LogP contribution in [0.15, 0.2) is 53.2 Å². The predicted octanol–water partition coefficient (Wildman–Crippen LogP) is 3.63. The van der Waals surface area contributed by atoms with E-state index in [2.05, 4.69) is 4.98 Å². The van der Waals surface area contributed by atoms with Crippen molar-refractivity contribution in [2.45, 2.75) is 6.10 Å². The number of thiazole rings is 1. The van der Waals surface area contributed by atoms with Gasteiger partial charge in [0, 0.05) is 24.0 Å². The van der Waals surface area contributed by atoms with Crippen molar-refractivity contribution >= 4 is 34.6 Å². The van der Waals surface area contributed by atoms with Crippen molar-refractivity contribution in [1.29, 1.82) is 0 Å². The Hall–Kier alpha value is -2.55. The number of carbonyl (C=O) groups excluding carboxylic acids is 2. The molecule has 1 atom stereocenters. The number of morpholine rings is 1. The van der Waals surface area contributed by atoms with E-state index in [-0.39, 0.29) is 11.6 Å². The van der Waals surface area contributed by atoms with Crippen molar-refractivity contribution < 1.29 is 19.1 Å². The lowest BCUT2D eigenvalue weighted by Crippen LogP contribution is -2.44. The van der Waals surface area contributed by atoms with Gasteiger partial charge in [0.25, 0.3) is 5.91 Å². The number of ether oxygens (including phenoxy) is 2. The molecule has 0 radical (unpaired) electrons. The van der Waals surface area contributed by atoms with Crippen LogP contribution in [0, 0.1) is 0 Å². The Kier molecular flexibility index (Phi) is 5.80. The summed E-state index contributed by atoms with van der Waals surface area (Å²) in [5.41, 5.74) is 0.852. The van der Waals surface area contributed by atoms with Gasteiger partial charge in [-0.3, -0.25) is 4.79 Å². The topological polar surface area (TPSA) is 68.7 Å². The number of amides is 1. The molecular formula is C20H18N2O4S2. The Balaban J connectivity index is 1.55. The maximum absolute atomic E-state index is 13.0. The molecule has 8 heteroatoms. The molecule has 0 unspecified atom stereocenters. The first-order chi connectivity index (χ1) is 13.7. The molecule has 3 heterocycles. The molecule has 0 bridgehead atoms. The predicted molar refractivity (Wildman–Crippen MR) is 107 cm³/mol. The number of rotatable bonds is 5. The summed E-state index contributed by atoms with van der Waals surface area (Å²) in [6.45, 7) is 1.94. The van der Waals surface area contributed by atoms with Gasteiger partial charge in [-0.1, -0.05) is 36.4 Å².